The lowest BCUT2D eigenvalue weighted by atomic mass is 9.90. The van der Waals surface area contributed by atoms with E-state index in [0.717, 1.165) is 47.5 Å². The highest BCUT2D eigenvalue weighted by molar-refractivity contribution is 5.79. The third kappa shape index (κ3) is 4.54. The second-order valence-corrected chi connectivity index (χ2v) is 8.31. The predicted molar refractivity (Wildman–Crippen MR) is 119 cm³/mol. The fraction of sp³-hybridized carbons (Fsp3) is 0.400. The van der Waals surface area contributed by atoms with Gasteiger partial charge in [0.15, 0.2) is 11.5 Å². The van der Waals surface area contributed by atoms with Gasteiger partial charge in [-0.25, -0.2) is 4.79 Å². The summed E-state index contributed by atoms with van der Waals surface area (Å²) in [4.78, 5) is 11.5. The molecule has 1 atom stereocenters. The van der Waals surface area contributed by atoms with E-state index in [2.05, 4.69) is 6.07 Å². The first kappa shape index (κ1) is 21.2. The van der Waals surface area contributed by atoms with Crippen molar-refractivity contribution in [2.45, 2.75) is 44.8 Å². The summed E-state index contributed by atoms with van der Waals surface area (Å²) in [5, 5.41) is 0.883. The van der Waals surface area contributed by atoms with Crippen molar-refractivity contribution < 1.29 is 23.4 Å². The van der Waals surface area contributed by atoms with Crippen LogP contribution in [0.4, 0.5) is 0 Å². The van der Waals surface area contributed by atoms with Crippen LogP contribution in [0.2, 0.25) is 0 Å². The van der Waals surface area contributed by atoms with Crippen LogP contribution >= 0.6 is 0 Å². The molecule has 1 aliphatic heterocycles. The van der Waals surface area contributed by atoms with Gasteiger partial charge in [-0.05, 0) is 62.1 Å². The fourth-order valence-corrected chi connectivity index (χ4v) is 3.99. The van der Waals surface area contributed by atoms with Crippen molar-refractivity contribution in [3.63, 3.8) is 0 Å². The Morgan fingerprint density at radius 1 is 1.03 bits per heavy atom. The maximum absolute atomic E-state index is 11.5. The molecule has 6 heteroatoms. The van der Waals surface area contributed by atoms with E-state index in [0.29, 0.717) is 12.2 Å². The van der Waals surface area contributed by atoms with E-state index in [1.807, 2.05) is 32.0 Å². The molecule has 0 radical (unpaired) electrons. The van der Waals surface area contributed by atoms with Crippen LogP contribution in [0.25, 0.3) is 11.0 Å². The van der Waals surface area contributed by atoms with Crippen LogP contribution in [0.3, 0.4) is 0 Å². The lowest BCUT2D eigenvalue weighted by molar-refractivity contribution is -0.0839. The van der Waals surface area contributed by atoms with E-state index in [9.17, 15) is 4.79 Å². The van der Waals surface area contributed by atoms with Crippen molar-refractivity contribution in [2.75, 3.05) is 20.8 Å². The summed E-state index contributed by atoms with van der Waals surface area (Å²) < 4.78 is 28.5. The molecule has 2 heterocycles. The molecule has 0 saturated heterocycles. The molecule has 0 bridgehead atoms. The van der Waals surface area contributed by atoms with E-state index in [1.54, 1.807) is 26.4 Å². The van der Waals surface area contributed by atoms with Crippen molar-refractivity contribution in [1.29, 1.82) is 0 Å². The molecule has 0 fully saturated rings. The van der Waals surface area contributed by atoms with Crippen LogP contribution in [0.15, 0.2) is 51.7 Å². The summed E-state index contributed by atoms with van der Waals surface area (Å²) in [5.74, 6) is 2.22. The highest BCUT2D eigenvalue weighted by atomic mass is 16.6. The molecule has 0 amide bonds. The molecule has 0 spiro atoms. The fourth-order valence-electron chi connectivity index (χ4n) is 3.99. The molecule has 1 aromatic heterocycles. The van der Waals surface area contributed by atoms with Gasteiger partial charge in [0.05, 0.1) is 14.2 Å². The van der Waals surface area contributed by atoms with E-state index in [4.69, 9.17) is 23.4 Å². The average molecular weight is 424 g/mol. The molecule has 31 heavy (non-hydrogen) atoms. The first-order valence-corrected chi connectivity index (χ1v) is 10.5. The van der Waals surface area contributed by atoms with E-state index in [-0.39, 0.29) is 11.7 Å². The third-order valence-corrected chi connectivity index (χ3v) is 5.73. The highest BCUT2D eigenvalue weighted by Crippen LogP contribution is 2.37. The van der Waals surface area contributed by atoms with Gasteiger partial charge in [-0.1, -0.05) is 6.07 Å². The van der Waals surface area contributed by atoms with Crippen LogP contribution in [0, 0.1) is 0 Å². The second-order valence-electron chi connectivity index (χ2n) is 8.31. The Kier molecular flexibility index (Phi) is 5.92. The van der Waals surface area contributed by atoms with Crippen LogP contribution in [-0.4, -0.2) is 32.5 Å². The summed E-state index contributed by atoms with van der Waals surface area (Å²) in [6.07, 6.45) is 2.44. The van der Waals surface area contributed by atoms with Crippen molar-refractivity contribution in [2.24, 2.45) is 0 Å². The molecule has 4 rings (SSSR count). The number of fused-ring (bicyclic) bond motifs is 2. The number of ether oxygens (including phenoxy) is 4. The third-order valence-electron chi connectivity index (χ3n) is 5.73. The van der Waals surface area contributed by atoms with Crippen molar-refractivity contribution >= 4 is 11.0 Å². The minimum Gasteiger partial charge on any atom is -0.493 e. The Bertz CT molecular complexity index is 1130. The molecule has 0 saturated carbocycles. The normalized spacial score (nSPS) is 17.1. The average Bonchev–Trinajstić information content (AvgIpc) is 2.75. The molecule has 0 N–H and O–H groups in total. The molecule has 0 unspecified atom stereocenters. The SMILES string of the molecule is COc1ccc(CCCO[C@H]2Cc3cc4ccc(=O)oc4cc3OC2(C)C)cc1OC. The number of methoxy groups -OCH3 is 2. The van der Waals surface area contributed by atoms with E-state index >= 15 is 0 Å². The summed E-state index contributed by atoms with van der Waals surface area (Å²) in [5.41, 5.74) is 1.93. The van der Waals surface area contributed by atoms with Gasteiger partial charge in [0.2, 0.25) is 0 Å². The number of rotatable bonds is 7. The van der Waals surface area contributed by atoms with Gasteiger partial charge in [0, 0.05) is 30.5 Å². The van der Waals surface area contributed by atoms with Gasteiger partial charge in [0.1, 0.15) is 23.0 Å². The first-order chi connectivity index (χ1) is 14.9. The molecule has 3 aromatic rings. The minimum atomic E-state index is -0.487. The maximum Gasteiger partial charge on any atom is 0.336 e. The van der Waals surface area contributed by atoms with Crippen molar-refractivity contribution in [1.82, 2.24) is 0 Å². The van der Waals surface area contributed by atoms with Crippen LogP contribution < -0.4 is 19.8 Å². The molecular formula is C25H28O6. The lowest BCUT2D eigenvalue weighted by Crippen LogP contribution is -2.48. The van der Waals surface area contributed by atoms with Gasteiger partial charge in [0.25, 0.3) is 0 Å². The van der Waals surface area contributed by atoms with Crippen LogP contribution in [-0.2, 0) is 17.6 Å². The van der Waals surface area contributed by atoms with Crippen molar-refractivity contribution in [3.05, 3.63) is 64.0 Å². The predicted octanol–water partition coefficient (Wildman–Crippen LogP) is 4.54. The molecule has 2 aromatic carbocycles. The van der Waals surface area contributed by atoms with E-state index < -0.39 is 5.60 Å². The molecule has 6 nitrogen and oxygen atoms in total. The number of benzene rings is 2. The summed E-state index contributed by atoms with van der Waals surface area (Å²) >= 11 is 0. The second kappa shape index (κ2) is 8.63. The Labute approximate surface area is 181 Å². The van der Waals surface area contributed by atoms with E-state index in [1.165, 1.54) is 11.6 Å². The molecule has 1 aliphatic rings. The topological polar surface area (TPSA) is 67.1 Å². The molecular weight excluding hydrogens is 396 g/mol. The first-order valence-electron chi connectivity index (χ1n) is 10.5. The van der Waals surface area contributed by atoms with Gasteiger partial charge in [-0.3, -0.25) is 0 Å². The smallest absolute Gasteiger partial charge is 0.336 e. The molecule has 0 aliphatic carbocycles. The van der Waals surface area contributed by atoms with Gasteiger partial charge in [-0.2, -0.15) is 0 Å². The standard InChI is InChI=1S/C25H28O6/c1-25(2)23(29-11-5-6-16-7-9-19(27-3)22(12-16)28-4)14-18-13-17-8-10-24(26)30-20(17)15-21(18)31-25/h7-10,12-13,15,23H,5-6,11,14H2,1-4H3/t23-/m0/s1. The summed E-state index contributed by atoms with van der Waals surface area (Å²) in [6, 6.07) is 13.0. The Morgan fingerprint density at radius 2 is 1.84 bits per heavy atom. The zero-order valence-corrected chi connectivity index (χ0v) is 18.4. The van der Waals surface area contributed by atoms with Gasteiger partial charge < -0.3 is 23.4 Å². The summed E-state index contributed by atoms with van der Waals surface area (Å²) in [7, 11) is 3.28. The Morgan fingerprint density at radius 3 is 2.61 bits per heavy atom. The number of hydrogen-bond acceptors (Lipinski definition) is 6. The highest BCUT2D eigenvalue weighted by Gasteiger charge is 2.38. The van der Waals surface area contributed by atoms with Gasteiger partial charge in [-0.15, -0.1) is 0 Å². The maximum atomic E-state index is 11.5. The Balaban J connectivity index is 1.40. The lowest BCUT2D eigenvalue weighted by Gasteiger charge is -2.39. The monoisotopic (exact) mass is 424 g/mol. The van der Waals surface area contributed by atoms with Crippen LogP contribution in [0.1, 0.15) is 31.4 Å². The van der Waals surface area contributed by atoms with Crippen LogP contribution in [0.5, 0.6) is 17.2 Å². The minimum absolute atomic E-state index is 0.0708. The Hall–Kier alpha value is -2.99. The summed E-state index contributed by atoms with van der Waals surface area (Å²) in [6.45, 7) is 4.68. The molecule has 164 valence electrons. The number of hydrogen-bond donors (Lipinski definition) is 0. The largest absolute Gasteiger partial charge is 0.493 e. The van der Waals surface area contributed by atoms with Gasteiger partial charge >= 0.3 is 5.63 Å². The zero-order valence-electron chi connectivity index (χ0n) is 18.4. The zero-order chi connectivity index (χ0) is 22.0. The van der Waals surface area contributed by atoms with Crippen molar-refractivity contribution in [3.8, 4) is 17.2 Å². The number of aryl methyl sites for hydroxylation is 1. The quantitative estimate of drug-likeness (QED) is 0.410.